The average molecular weight is 330 g/mol. The summed E-state index contributed by atoms with van der Waals surface area (Å²) in [5, 5.41) is 5.06. The van der Waals surface area contributed by atoms with Gasteiger partial charge in [-0.05, 0) is 42.7 Å². The van der Waals surface area contributed by atoms with Crippen molar-refractivity contribution >= 4 is 0 Å². The fourth-order valence-corrected chi connectivity index (χ4v) is 4.19. The number of aromatic nitrogens is 2. The van der Waals surface area contributed by atoms with Crippen LogP contribution in [0.5, 0.6) is 0 Å². The molecule has 0 saturated heterocycles. The van der Waals surface area contributed by atoms with E-state index in [0.717, 1.165) is 5.69 Å². The van der Waals surface area contributed by atoms with Crippen LogP contribution in [0, 0.1) is 13.8 Å². The van der Waals surface area contributed by atoms with E-state index >= 15 is 0 Å². The van der Waals surface area contributed by atoms with Crippen LogP contribution in [0.2, 0.25) is 0 Å². The number of hydrogen-bond acceptors (Lipinski definition) is 1. The number of rotatable bonds is 1. The molecule has 0 atom stereocenters. The van der Waals surface area contributed by atoms with Gasteiger partial charge in [-0.15, -0.1) is 0 Å². The van der Waals surface area contributed by atoms with Gasteiger partial charge >= 0.3 is 0 Å². The first-order valence-electron chi connectivity index (χ1n) is 9.02. The van der Waals surface area contributed by atoms with Crippen molar-refractivity contribution in [3.8, 4) is 16.9 Å². The van der Waals surface area contributed by atoms with E-state index in [-0.39, 0.29) is 10.8 Å². The van der Waals surface area contributed by atoms with Gasteiger partial charge < -0.3 is 0 Å². The Morgan fingerprint density at radius 3 is 2.12 bits per heavy atom. The maximum absolute atomic E-state index is 5.06. The highest BCUT2D eigenvalue weighted by atomic mass is 15.3. The molecule has 2 aromatic carbocycles. The predicted octanol–water partition coefficient (Wildman–Crippen LogP) is 5.72. The summed E-state index contributed by atoms with van der Waals surface area (Å²) in [4.78, 5) is 0. The van der Waals surface area contributed by atoms with Crippen molar-refractivity contribution in [2.75, 3.05) is 0 Å². The van der Waals surface area contributed by atoms with Crippen LogP contribution in [0.25, 0.3) is 16.9 Å². The second kappa shape index (κ2) is 5.08. The van der Waals surface area contributed by atoms with Gasteiger partial charge in [0, 0.05) is 16.4 Å². The smallest absolute Gasteiger partial charge is 0.0936 e. The lowest BCUT2D eigenvalue weighted by Gasteiger charge is -2.46. The molecule has 1 aromatic heterocycles. The molecule has 2 heterocycles. The van der Waals surface area contributed by atoms with Gasteiger partial charge in [-0.2, -0.15) is 5.10 Å². The third kappa shape index (κ3) is 2.06. The number of aryl methyl sites for hydroxylation is 2. The Hall–Kier alpha value is -2.35. The first-order chi connectivity index (χ1) is 11.7. The maximum Gasteiger partial charge on any atom is 0.0936 e. The Kier molecular flexibility index (Phi) is 3.28. The van der Waals surface area contributed by atoms with E-state index in [9.17, 15) is 0 Å². The summed E-state index contributed by atoms with van der Waals surface area (Å²) in [5.41, 5.74) is 8.78. The second-order valence-electron chi connectivity index (χ2n) is 8.36. The highest BCUT2D eigenvalue weighted by molar-refractivity contribution is 5.69. The lowest BCUT2D eigenvalue weighted by atomic mass is 9.60. The summed E-state index contributed by atoms with van der Waals surface area (Å²) in [5.74, 6) is 0. The molecule has 0 amide bonds. The minimum Gasteiger partial charge on any atom is -0.236 e. The summed E-state index contributed by atoms with van der Waals surface area (Å²) in [7, 11) is 0. The van der Waals surface area contributed by atoms with Crippen molar-refractivity contribution in [1.82, 2.24) is 9.78 Å². The number of nitrogens with zero attached hydrogens (tertiary/aromatic N) is 2. The molecule has 0 N–H and O–H groups in total. The summed E-state index contributed by atoms with van der Waals surface area (Å²) in [6, 6.07) is 17.4. The van der Waals surface area contributed by atoms with E-state index in [1.807, 2.05) is 0 Å². The summed E-state index contributed by atoms with van der Waals surface area (Å²) < 4.78 is 2.17. The van der Waals surface area contributed by atoms with Crippen LogP contribution in [0.1, 0.15) is 50.1 Å². The van der Waals surface area contributed by atoms with E-state index in [1.54, 1.807) is 0 Å². The van der Waals surface area contributed by atoms with Gasteiger partial charge in [0.05, 0.1) is 17.1 Å². The molecule has 0 fully saturated rings. The van der Waals surface area contributed by atoms with Crippen LogP contribution in [0.4, 0.5) is 0 Å². The molecule has 2 heteroatoms. The molecule has 0 spiro atoms. The average Bonchev–Trinajstić information content (AvgIpc) is 2.99. The maximum atomic E-state index is 5.06. The van der Waals surface area contributed by atoms with Crippen molar-refractivity contribution in [3.05, 3.63) is 70.9 Å². The molecule has 0 saturated carbocycles. The molecule has 1 aliphatic heterocycles. The topological polar surface area (TPSA) is 17.8 Å². The monoisotopic (exact) mass is 330 g/mol. The molecule has 0 aliphatic carbocycles. The number of benzene rings is 2. The fraction of sp³-hybridized carbons (Fsp3) is 0.348. The van der Waals surface area contributed by atoms with Gasteiger partial charge in [0.2, 0.25) is 0 Å². The quantitative estimate of drug-likeness (QED) is 0.557. The van der Waals surface area contributed by atoms with Gasteiger partial charge in [-0.25, -0.2) is 4.68 Å². The van der Waals surface area contributed by atoms with E-state index in [4.69, 9.17) is 5.10 Å². The Balaban J connectivity index is 2.04. The second-order valence-corrected chi connectivity index (χ2v) is 8.36. The van der Waals surface area contributed by atoms with E-state index < -0.39 is 0 Å². The normalized spacial score (nSPS) is 17.0. The van der Waals surface area contributed by atoms with E-state index in [0.29, 0.717) is 0 Å². The minimum absolute atomic E-state index is 0.0107. The van der Waals surface area contributed by atoms with Crippen LogP contribution in [-0.2, 0) is 10.8 Å². The molecule has 0 unspecified atom stereocenters. The molecule has 3 aromatic rings. The van der Waals surface area contributed by atoms with Gasteiger partial charge in [-0.1, -0.05) is 64.1 Å². The lowest BCUT2D eigenvalue weighted by Crippen LogP contribution is -2.45. The van der Waals surface area contributed by atoms with Crippen molar-refractivity contribution in [2.45, 2.75) is 52.4 Å². The Bertz CT molecular complexity index is 953. The molecule has 1 aliphatic rings. The largest absolute Gasteiger partial charge is 0.236 e. The lowest BCUT2D eigenvalue weighted by molar-refractivity contribution is 0.275. The van der Waals surface area contributed by atoms with Gasteiger partial charge in [0.25, 0.3) is 0 Å². The molecule has 128 valence electrons. The van der Waals surface area contributed by atoms with Crippen LogP contribution < -0.4 is 0 Å². The zero-order chi connectivity index (χ0) is 18.0. The first-order valence-corrected chi connectivity index (χ1v) is 9.02. The molecular weight excluding hydrogens is 304 g/mol. The Morgan fingerprint density at radius 1 is 0.800 bits per heavy atom. The standard InChI is InChI=1S/C23H26N2/c1-15-10-9-11-16(2)21(15)18-14-20-23(5,6)22(3,4)17-12-7-8-13-19(17)25(20)24-18/h7-14H,1-6H3. The Labute approximate surface area is 150 Å². The molecule has 25 heavy (non-hydrogen) atoms. The number of fused-ring (bicyclic) bond motifs is 3. The summed E-state index contributed by atoms with van der Waals surface area (Å²) in [6.07, 6.45) is 0. The zero-order valence-electron chi connectivity index (χ0n) is 16.0. The summed E-state index contributed by atoms with van der Waals surface area (Å²) in [6.45, 7) is 13.7. The van der Waals surface area contributed by atoms with Crippen molar-refractivity contribution < 1.29 is 0 Å². The third-order valence-corrected chi connectivity index (χ3v) is 6.46. The summed E-state index contributed by atoms with van der Waals surface area (Å²) >= 11 is 0. The number of para-hydroxylation sites is 1. The van der Waals surface area contributed by atoms with Crippen LogP contribution in [0.15, 0.2) is 48.5 Å². The van der Waals surface area contributed by atoms with Crippen LogP contribution in [-0.4, -0.2) is 9.78 Å². The third-order valence-electron chi connectivity index (χ3n) is 6.46. The van der Waals surface area contributed by atoms with Gasteiger partial charge in [0.15, 0.2) is 0 Å². The van der Waals surface area contributed by atoms with Gasteiger partial charge in [0.1, 0.15) is 0 Å². The minimum atomic E-state index is -0.0107. The van der Waals surface area contributed by atoms with Crippen LogP contribution >= 0.6 is 0 Å². The van der Waals surface area contributed by atoms with E-state index in [1.165, 1.54) is 33.6 Å². The highest BCUT2D eigenvalue weighted by Crippen LogP contribution is 2.50. The molecule has 2 nitrogen and oxygen atoms in total. The molecule has 0 radical (unpaired) electrons. The highest BCUT2D eigenvalue weighted by Gasteiger charge is 2.47. The first kappa shape index (κ1) is 16.1. The molecule has 0 bridgehead atoms. The van der Waals surface area contributed by atoms with Crippen LogP contribution in [0.3, 0.4) is 0 Å². The molecular formula is C23H26N2. The van der Waals surface area contributed by atoms with Crippen molar-refractivity contribution in [2.24, 2.45) is 0 Å². The fourth-order valence-electron chi connectivity index (χ4n) is 4.19. The van der Waals surface area contributed by atoms with Crippen molar-refractivity contribution in [3.63, 3.8) is 0 Å². The van der Waals surface area contributed by atoms with E-state index in [2.05, 4.69) is 94.8 Å². The Morgan fingerprint density at radius 2 is 1.44 bits per heavy atom. The van der Waals surface area contributed by atoms with Crippen molar-refractivity contribution in [1.29, 1.82) is 0 Å². The zero-order valence-corrected chi connectivity index (χ0v) is 16.0. The SMILES string of the molecule is Cc1cccc(C)c1-c1cc2n(n1)-c1ccccc1C(C)(C)C2(C)C. The van der Waals surface area contributed by atoms with Gasteiger partial charge in [-0.3, -0.25) is 0 Å². The molecule has 4 rings (SSSR count). The predicted molar refractivity (Wildman–Crippen MR) is 105 cm³/mol. The number of hydrogen-bond donors (Lipinski definition) is 0.